The highest BCUT2D eigenvalue weighted by Gasteiger charge is 2.17. The zero-order chi connectivity index (χ0) is 16.1. The number of nitrogens with zero attached hydrogens (tertiary/aromatic N) is 1. The molecule has 2 aromatic rings. The number of amides is 1. The predicted molar refractivity (Wildman–Crippen MR) is 86.5 cm³/mol. The molecule has 0 saturated carbocycles. The molecular weight excluding hydrogens is 302 g/mol. The van der Waals surface area contributed by atoms with Gasteiger partial charge in [0.15, 0.2) is 5.16 Å². The highest BCUT2D eigenvalue weighted by atomic mass is 32.2. The van der Waals surface area contributed by atoms with E-state index in [2.05, 4.69) is 15.3 Å². The molecule has 0 unspecified atom stereocenters. The molecule has 0 radical (unpaired) electrons. The summed E-state index contributed by atoms with van der Waals surface area (Å²) in [5.41, 5.74) is 0.990. The molecule has 1 aromatic carbocycles. The lowest BCUT2D eigenvalue weighted by molar-refractivity contribution is -0.115. The zero-order valence-electron chi connectivity index (χ0n) is 12.5. The first-order valence-corrected chi connectivity index (χ1v) is 7.56. The number of anilines is 1. The molecule has 0 bridgehead atoms. The largest absolute Gasteiger partial charge is 0.495 e. The summed E-state index contributed by atoms with van der Waals surface area (Å²) in [5, 5.41) is 2.81. The third kappa shape index (κ3) is 4.11. The Labute approximate surface area is 132 Å². The number of hydrogen-bond donors (Lipinski definition) is 2. The van der Waals surface area contributed by atoms with E-state index in [0.29, 0.717) is 22.3 Å². The van der Waals surface area contributed by atoms with Gasteiger partial charge in [-0.1, -0.05) is 23.9 Å². The molecule has 1 heterocycles. The summed E-state index contributed by atoms with van der Waals surface area (Å²) >= 11 is 1.19. The van der Waals surface area contributed by atoms with Crippen LogP contribution in [-0.2, 0) is 4.79 Å². The number of nitrogens with one attached hydrogen (secondary N) is 2. The lowest BCUT2D eigenvalue weighted by Crippen LogP contribution is -2.23. The third-order valence-electron chi connectivity index (χ3n) is 2.87. The number of benzene rings is 1. The van der Waals surface area contributed by atoms with Gasteiger partial charge >= 0.3 is 0 Å². The van der Waals surface area contributed by atoms with Gasteiger partial charge in [0.05, 0.1) is 18.0 Å². The maximum absolute atomic E-state index is 12.2. The maximum Gasteiger partial charge on any atom is 0.251 e. The molecule has 1 amide bonds. The van der Waals surface area contributed by atoms with Gasteiger partial charge in [-0.3, -0.25) is 9.59 Å². The van der Waals surface area contributed by atoms with Crippen molar-refractivity contribution in [2.45, 2.75) is 24.3 Å². The molecule has 1 atom stereocenters. The van der Waals surface area contributed by atoms with Crippen molar-refractivity contribution in [3.8, 4) is 5.75 Å². The first kappa shape index (κ1) is 16.1. The van der Waals surface area contributed by atoms with Crippen molar-refractivity contribution in [1.29, 1.82) is 0 Å². The van der Waals surface area contributed by atoms with Crippen LogP contribution in [0.3, 0.4) is 0 Å². The molecule has 2 N–H and O–H groups in total. The fourth-order valence-corrected chi connectivity index (χ4v) is 2.67. The summed E-state index contributed by atoms with van der Waals surface area (Å²) in [7, 11) is 1.55. The van der Waals surface area contributed by atoms with Crippen LogP contribution in [0.15, 0.2) is 40.3 Å². The number of thioether (sulfide) groups is 1. The Morgan fingerprint density at radius 3 is 2.82 bits per heavy atom. The first-order chi connectivity index (χ1) is 10.5. The molecular formula is C15H17N3O3S. The molecule has 0 aliphatic heterocycles. The van der Waals surface area contributed by atoms with E-state index in [1.54, 1.807) is 33.1 Å². The number of H-pyrrole nitrogens is 1. The Hall–Kier alpha value is -2.28. The Morgan fingerprint density at radius 1 is 1.41 bits per heavy atom. The quantitative estimate of drug-likeness (QED) is 0.652. The second-order valence-corrected chi connectivity index (χ2v) is 5.97. The number of methoxy groups -OCH3 is 1. The molecule has 22 heavy (non-hydrogen) atoms. The number of rotatable bonds is 5. The van der Waals surface area contributed by atoms with E-state index in [1.807, 2.05) is 12.1 Å². The van der Waals surface area contributed by atoms with Crippen LogP contribution >= 0.6 is 11.8 Å². The summed E-state index contributed by atoms with van der Waals surface area (Å²) in [5.74, 6) is 0.397. The van der Waals surface area contributed by atoms with Gasteiger partial charge < -0.3 is 15.0 Å². The van der Waals surface area contributed by atoms with Gasteiger partial charge in [-0.15, -0.1) is 0 Å². The van der Waals surface area contributed by atoms with E-state index in [9.17, 15) is 9.59 Å². The van der Waals surface area contributed by atoms with Gasteiger partial charge in [0.1, 0.15) is 5.75 Å². The van der Waals surface area contributed by atoms with Crippen molar-refractivity contribution in [1.82, 2.24) is 9.97 Å². The Kier molecular flexibility index (Phi) is 5.21. The number of aryl methyl sites for hydroxylation is 1. The Bertz CT molecular complexity index is 730. The lowest BCUT2D eigenvalue weighted by Gasteiger charge is -2.13. The molecule has 0 fully saturated rings. The summed E-state index contributed by atoms with van der Waals surface area (Å²) in [6.45, 7) is 3.48. The Balaban J connectivity index is 2.07. The topological polar surface area (TPSA) is 84.1 Å². The number of hydrogen-bond acceptors (Lipinski definition) is 5. The fourth-order valence-electron chi connectivity index (χ4n) is 1.81. The van der Waals surface area contributed by atoms with E-state index < -0.39 is 5.25 Å². The zero-order valence-corrected chi connectivity index (χ0v) is 13.4. The van der Waals surface area contributed by atoms with Crippen LogP contribution in [0.2, 0.25) is 0 Å². The summed E-state index contributed by atoms with van der Waals surface area (Å²) < 4.78 is 5.19. The van der Waals surface area contributed by atoms with Crippen LogP contribution in [0.5, 0.6) is 5.75 Å². The summed E-state index contributed by atoms with van der Waals surface area (Å²) in [6, 6.07) is 8.58. The third-order valence-corrected chi connectivity index (χ3v) is 3.85. The number of aromatic nitrogens is 2. The van der Waals surface area contributed by atoms with Gasteiger partial charge in [-0.2, -0.15) is 0 Å². The van der Waals surface area contributed by atoms with E-state index in [0.717, 1.165) is 0 Å². The number of aromatic amines is 1. The average Bonchev–Trinajstić information content (AvgIpc) is 2.46. The first-order valence-electron chi connectivity index (χ1n) is 6.68. The second kappa shape index (κ2) is 7.13. The summed E-state index contributed by atoms with van der Waals surface area (Å²) in [4.78, 5) is 30.5. The molecule has 2 rings (SSSR count). The van der Waals surface area contributed by atoms with E-state index >= 15 is 0 Å². The molecule has 7 heteroatoms. The van der Waals surface area contributed by atoms with Gasteiger partial charge in [-0.25, -0.2) is 4.98 Å². The van der Waals surface area contributed by atoms with Crippen LogP contribution in [0.1, 0.15) is 12.6 Å². The molecule has 1 aromatic heterocycles. The molecule has 0 aliphatic rings. The van der Waals surface area contributed by atoms with Crippen molar-refractivity contribution in [2.24, 2.45) is 0 Å². The smallest absolute Gasteiger partial charge is 0.251 e. The van der Waals surface area contributed by atoms with Crippen LogP contribution in [0.25, 0.3) is 0 Å². The van der Waals surface area contributed by atoms with Crippen LogP contribution in [-0.4, -0.2) is 28.2 Å². The minimum atomic E-state index is -0.421. The standard InChI is InChI=1S/C15H17N3O3S/c1-9-8-13(19)18-15(16-9)22-10(2)14(20)17-11-6-4-5-7-12(11)21-3/h4-8,10H,1-3H3,(H,17,20)(H,16,18,19)/t10-/m0/s1. The highest BCUT2D eigenvalue weighted by Crippen LogP contribution is 2.25. The van der Waals surface area contributed by atoms with Crippen LogP contribution < -0.4 is 15.6 Å². The van der Waals surface area contributed by atoms with E-state index in [4.69, 9.17) is 4.74 Å². The SMILES string of the molecule is COc1ccccc1NC(=O)[C@H](C)Sc1nc(C)cc(=O)[nH]1. The molecule has 0 aliphatic carbocycles. The number of carbonyl (C=O) groups is 1. The maximum atomic E-state index is 12.2. The van der Waals surface area contributed by atoms with Gasteiger partial charge in [0.25, 0.3) is 5.56 Å². The molecule has 6 nitrogen and oxygen atoms in total. The van der Waals surface area contributed by atoms with Crippen molar-refractivity contribution < 1.29 is 9.53 Å². The number of para-hydroxylation sites is 2. The lowest BCUT2D eigenvalue weighted by atomic mass is 10.3. The average molecular weight is 319 g/mol. The van der Waals surface area contributed by atoms with Crippen molar-refractivity contribution in [3.63, 3.8) is 0 Å². The van der Waals surface area contributed by atoms with E-state index in [1.165, 1.54) is 17.8 Å². The number of ether oxygens (including phenoxy) is 1. The van der Waals surface area contributed by atoms with Gasteiger partial charge in [0.2, 0.25) is 5.91 Å². The minimum Gasteiger partial charge on any atom is -0.495 e. The van der Waals surface area contributed by atoms with Crippen molar-refractivity contribution in [3.05, 3.63) is 46.4 Å². The highest BCUT2D eigenvalue weighted by molar-refractivity contribution is 8.00. The fraction of sp³-hybridized carbons (Fsp3) is 0.267. The second-order valence-electron chi connectivity index (χ2n) is 4.64. The van der Waals surface area contributed by atoms with Gasteiger partial charge in [0, 0.05) is 11.8 Å². The molecule has 0 saturated heterocycles. The van der Waals surface area contributed by atoms with Crippen molar-refractivity contribution >= 4 is 23.4 Å². The summed E-state index contributed by atoms with van der Waals surface area (Å²) in [6.07, 6.45) is 0. The van der Waals surface area contributed by atoms with Crippen molar-refractivity contribution in [2.75, 3.05) is 12.4 Å². The van der Waals surface area contributed by atoms with E-state index in [-0.39, 0.29) is 11.5 Å². The normalized spacial score (nSPS) is 11.8. The Morgan fingerprint density at radius 2 is 2.14 bits per heavy atom. The van der Waals surface area contributed by atoms with Gasteiger partial charge in [-0.05, 0) is 26.0 Å². The molecule has 116 valence electrons. The predicted octanol–water partition coefficient (Wildman–Crippen LogP) is 2.21. The minimum absolute atomic E-state index is 0.196. The molecule has 0 spiro atoms. The van der Waals surface area contributed by atoms with Crippen LogP contribution in [0.4, 0.5) is 5.69 Å². The monoisotopic (exact) mass is 319 g/mol. The number of carbonyl (C=O) groups excluding carboxylic acids is 1. The van der Waals surface area contributed by atoms with Crippen LogP contribution in [0, 0.1) is 6.92 Å².